The molecule has 1 N–H and O–H groups in total. The van der Waals surface area contributed by atoms with Crippen molar-refractivity contribution in [3.8, 4) is 0 Å². The van der Waals surface area contributed by atoms with Gasteiger partial charge in [-0.3, -0.25) is 4.79 Å². The summed E-state index contributed by atoms with van der Waals surface area (Å²) < 4.78 is 13.3. The molecule has 0 fully saturated rings. The highest BCUT2D eigenvalue weighted by atomic mass is 19.1. The van der Waals surface area contributed by atoms with E-state index in [1.807, 2.05) is 18.9 Å². The molecule has 4 heteroatoms. The van der Waals surface area contributed by atoms with Gasteiger partial charge in [0.05, 0.1) is 11.4 Å². The molecule has 1 unspecified atom stereocenters. The van der Waals surface area contributed by atoms with E-state index in [1.54, 1.807) is 13.0 Å². The fourth-order valence-electron chi connectivity index (χ4n) is 1.68. The molecule has 1 amide bonds. The molecule has 3 nitrogen and oxygen atoms in total. The van der Waals surface area contributed by atoms with Gasteiger partial charge in [0, 0.05) is 7.05 Å². The molecule has 0 aromatic heterocycles. The highest BCUT2D eigenvalue weighted by molar-refractivity contribution is 6.03. The van der Waals surface area contributed by atoms with Crippen LogP contribution in [0.2, 0.25) is 0 Å². The molecule has 2 rings (SSSR count). The molecule has 0 aliphatic carbocycles. The number of aryl methyl sites for hydroxylation is 1. The van der Waals surface area contributed by atoms with Gasteiger partial charge in [-0.05, 0) is 31.5 Å². The lowest BCUT2D eigenvalue weighted by Gasteiger charge is -2.33. The average Bonchev–Trinajstić information content (AvgIpc) is 2.19. The number of nitrogens with zero attached hydrogens (tertiary/aromatic N) is 1. The minimum absolute atomic E-state index is 0.103. The first kappa shape index (κ1) is 9.96. The normalized spacial score (nSPS) is 19.9. The lowest BCUT2D eigenvalue weighted by atomic mass is 10.1. The summed E-state index contributed by atoms with van der Waals surface area (Å²) in [6, 6.07) is 2.90. The fourth-order valence-corrected chi connectivity index (χ4v) is 1.68. The Balaban J connectivity index is 2.56. The zero-order valence-corrected chi connectivity index (χ0v) is 8.97. The summed E-state index contributed by atoms with van der Waals surface area (Å²) in [5.41, 5.74) is 1.99. The lowest BCUT2D eigenvalue weighted by Crippen LogP contribution is -2.43. The number of halogens is 1. The minimum atomic E-state index is -0.294. The molecule has 0 saturated heterocycles. The number of benzene rings is 1. The van der Waals surface area contributed by atoms with Crippen LogP contribution in [-0.2, 0) is 4.79 Å². The van der Waals surface area contributed by atoms with E-state index in [0.717, 1.165) is 5.69 Å². The lowest BCUT2D eigenvalue weighted by molar-refractivity contribution is -0.117. The van der Waals surface area contributed by atoms with Gasteiger partial charge in [0.2, 0.25) is 5.91 Å². The zero-order valence-electron chi connectivity index (χ0n) is 8.97. The van der Waals surface area contributed by atoms with Crippen molar-refractivity contribution in [3.05, 3.63) is 23.5 Å². The molecule has 1 aromatic carbocycles. The van der Waals surface area contributed by atoms with Gasteiger partial charge in [-0.1, -0.05) is 0 Å². The maximum absolute atomic E-state index is 13.3. The van der Waals surface area contributed by atoms with Crippen LogP contribution in [0, 0.1) is 12.7 Å². The molecular formula is C11H13FN2O. The van der Waals surface area contributed by atoms with Crippen LogP contribution in [0.5, 0.6) is 0 Å². The Bertz CT molecular complexity index is 431. The molecule has 0 bridgehead atoms. The number of likely N-dealkylation sites (N-methyl/N-ethyl adjacent to an activating group) is 1. The topological polar surface area (TPSA) is 32.3 Å². The van der Waals surface area contributed by atoms with E-state index in [-0.39, 0.29) is 17.8 Å². The third-order valence-electron chi connectivity index (χ3n) is 2.88. The van der Waals surface area contributed by atoms with E-state index in [4.69, 9.17) is 0 Å². The van der Waals surface area contributed by atoms with Crippen molar-refractivity contribution in [2.45, 2.75) is 19.9 Å². The van der Waals surface area contributed by atoms with Crippen molar-refractivity contribution >= 4 is 17.3 Å². The van der Waals surface area contributed by atoms with Gasteiger partial charge in [0.25, 0.3) is 0 Å². The van der Waals surface area contributed by atoms with Gasteiger partial charge in [-0.2, -0.15) is 0 Å². The van der Waals surface area contributed by atoms with Crippen molar-refractivity contribution in [1.29, 1.82) is 0 Å². The molecule has 15 heavy (non-hydrogen) atoms. The first-order valence-electron chi connectivity index (χ1n) is 4.84. The van der Waals surface area contributed by atoms with Crippen molar-refractivity contribution in [2.75, 3.05) is 17.3 Å². The number of anilines is 2. The number of fused-ring (bicyclic) bond motifs is 1. The zero-order chi connectivity index (χ0) is 11.2. The van der Waals surface area contributed by atoms with E-state index >= 15 is 0 Å². The van der Waals surface area contributed by atoms with Gasteiger partial charge in [0.15, 0.2) is 0 Å². The van der Waals surface area contributed by atoms with Crippen LogP contribution in [0.3, 0.4) is 0 Å². The first-order chi connectivity index (χ1) is 7.00. The average molecular weight is 208 g/mol. The number of amides is 1. The maximum atomic E-state index is 13.3. The van der Waals surface area contributed by atoms with E-state index in [0.29, 0.717) is 11.3 Å². The second-order valence-electron chi connectivity index (χ2n) is 3.89. The Morgan fingerprint density at radius 1 is 1.47 bits per heavy atom. The van der Waals surface area contributed by atoms with Crippen LogP contribution < -0.4 is 10.2 Å². The Labute approximate surface area is 87.9 Å². The van der Waals surface area contributed by atoms with E-state index in [1.165, 1.54) is 6.07 Å². The summed E-state index contributed by atoms with van der Waals surface area (Å²) in [4.78, 5) is 13.3. The maximum Gasteiger partial charge on any atom is 0.246 e. The first-order valence-corrected chi connectivity index (χ1v) is 4.84. The van der Waals surface area contributed by atoms with Gasteiger partial charge < -0.3 is 10.2 Å². The molecule has 1 aliphatic rings. The van der Waals surface area contributed by atoms with E-state index in [9.17, 15) is 9.18 Å². The SMILES string of the molecule is Cc1cc2c(cc1F)NC(=O)C(C)N2C. The van der Waals surface area contributed by atoms with Crippen molar-refractivity contribution in [2.24, 2.45) is 0 Å². The van der Waals surface area contributed by atoms with E-state index in [2.05, 4.69) is 5.32 Å². The molecule has 80 valence electrons. The predicted molar refractivity (Wildman–Crippen MR) is 57.6 cm³/mol. The van der Waals surface area contributed by atoms with E-state index < -0.39 is 0 Å². The predicted octanol–water partition coefficient (Wildman–Crippen LogP) is 1.91. The molecule has 0 radical (unpaired) electrons. The number of carbonyl (C=O) groups excluding carboxylic acids is 1. The molecule has 0 saturated carbocycles. The summed E-state index contributed by atoms with van der Waals surface area (Å²) in [5.74, 6) is -0.398. The molecule has 0 spiro atoms. The summed E-state index contributed by atoms with van der Waals surface area (Å²) >= 11 is 0. The smallest absolute Gasteiger partial charge is 0.246 e. The third kappa shape index (κ3) is 1.46. The number of hydrogen-bond donors (Lipinski definition) is 1. The van der Waals surface area contributed by atoms with Crippen LogP contribution >= 0.6 is 0 Å². The number of carbonyl (C=O) groups is 1. The van der Waals surface area contributed by atoms with Crippen LogP contribution in [0.4, 0.5) is 15.8 Å². The highest BCUT2D eigenvalue weighted by Crippen LogP contribution is 2.32. The Kier molecular flexibility index (Phi) is 2.14. The van der Waals surface area contributed by atoms with Crippen LogP contribution in [0.25, 0.3) is 0 Å². The summed E-state index contributed by atoms with van der Waals surface area (Å²) in [6.07, 6.45) is 0. The molecule has 1 aliphatic heterocycles. The van der Waals surface area contributed by atoms with Gasteiger partial charge in [-0.15, -0.1) is 0 Å². The van der Waals surface area contributed by atoms with Gasteiger partial charge >= 0.3 is 0 Å². The summed E-state index contributed by atoms with van der Waals surface area (Å²) in [5, 5.41) is 2.69. The quantitative estimate of drug-likeness (QED) is 0.706. The summed E-state index contributed by atoms with van der Waals surface area (Å²) in [6.45, 7) is 3.53. The van der Waals surface area contributed by atoms with Crippen LogP contribution in [0.15, 0.2) is 12.1 Å². The van der Waals surface area contributed by atoms with Crippen molar-refractivity contribution in [3.63, 3.8) is 0 Å². The van der Waals surface area contributed by atoms with Crippen molar-refractivity contribution < 1.29 is 9.18 Å². The minimum Gasteiger partial charge on any atom is -0.361 e. The second kappa shape index (κ2) is 3.22. The van der Waals surface area contributed by atoms with Gasteiger partial charge in [-0.25, -0.2) is 4.39 Å². The molecular weight excluding hydrogens is 195 g/mol. The Morgan fingerprint density at radius 3 is 2.80 bits per heavy atom. The second-order valence-corrected chi connectivity index (χ2v) is 3.89. The largest absolute Gasteiger partial charge is 0.361 e. The third-order valence-corrected chi connectivity index (χ3v) is 2.88. The van der Waals surface area contributed by atoms with Crippen LogP contribution in [0.1, 0.15) is 12.5 Å². The standard InChI is InChI=1S/C11H13FN2O/c1-6-4-10-9(5-8(6)12)13-11(15)7(2)14(10)3/h4-5,7H,1-3H3,(H,13,15). The highest BCUT2D eigenvalue weighted by Gasteiger charge is 2.27. The summed E-state index contributed by atoms with van der Waals surface area (Å²) in [7, 11) is 1.83. The fraction of sp³-hybridized carbons (Fsp3) is 0.364. The molecule has 1 atom stereocenters. The molecule has 1 aromatic rings. The number of rotatable bonds is 0. The Hall–Kier alpha value is -1.58. The number of nitrogens with one attached hydrogen (secondary N) is 1. The number of hydrogen-bond acceptors (Lipinski definition) is 2. The van der Waals surface area contributed by atoms with Crippen molar-refractivity contribution in [1.82, 2.24) is 0 Å². The molecule has 1 heterocycles. The Morgan fingerprint density at radius 2 is 2.13 bits per heavy atom. The monoisotopic (exact) mass is 208 g/mol. The van der Waals surface area contributed by atoms with Crippen LogP contribution in [-0.4, -0.2) is 19.0 Å². The van der Waals surface area contributed by atoms with Gasteiger partial charge in [0.1, 0.15) is 11.9 Å².